The summed E-state index contributed by atoms with van der Waals surface area (Å²) in [5.74, 6) is 0.821. The molecule has 2 heterocycles. The van der Waals surface area contributed by atoms with Crippen molar-refractivity contribution in [2.75, 3.05) is 11.9 Å². The molecule has 0 aliphatic rings. The van der Waals surface area contributed by atoms with Crippen LogP contribution in [0.2, 0.25) is 0 Å². The summed E-state index contributed by atoms with van der Waals surface area (Å²) >= 11 is 0. The third-order valence-corrected chi connectivity index (χ3v) is 2.71. The molecule has 96 valence electrons. The van der Waals surface area contributed by atoms with Gasteiger partial charge in [-0.2, -0.15) is 0 Å². The molecule has 5 nitrogen and oxygen atoms in total. The molecule has 0 atom stereocenters. The highest BCUT2D eigenvalue weighted by Gasteiger charge is 2.13. The van der Waals surface area contributed by atoms with Crippen molar-refractivity contribution < 1.29 is 0 Å². The first kappa shape index (κ1) is 12.5. The van der Waals surface area contributed by atoms with Gasteiger partial charge in [0.2, 0.25) is 0 Å². The van der Waals surface area contributed by atoms with Gasteiger partial charge >= 0.3 is 0 Å². The highest BCUT2D eigenvalue weighted by atomic mass is 15.1. The fraction of sp³-hybridized carbons (Fsp3) is 0.462. The van der Waals surface area contributed by atoms with Crippen LogP contribution in [0.15, 0.2) is 24.9 Å². The van der Waals surface area contributed by atoms with Crippen LogP contribution in [0.4, 0.5) is 5.82 Å². The second kappa shape index (κ2) is 5.62. The van der Waals surface area contributed by atoms with Gasteiger partial charge in [-0.25, -0.2) is 15.0 Å². The normalized spacial score (nSPS) is 10.9. The molecule has 18 heavy (non-hydrogen) atoms. The van der Waals surface area contributed by atoms with Crippen LogP contribution in [-0.4, -0.2) is 26.1 Å². The second-order valence-corrected chi connectivity index (χ2v) is 4.46. The zero-order valence-corrected chi connectivity index (χ0v) is 11.1. The minimum Gasteiger partial charge on any atom is -0.368 e. The van der Waals surface area contributed by atoms with Crippen LogP contribution in [-0.2, 0) is 0 Å². The van der Waals surface area contributed by atoms with Gasteiger partial charge in [0, 0.05) is 25.0 Å². The first-order chi connectivity index (χ1) is 8.74. The zero-order valence-electron chi connectivity index (χ0n) is 11.1. The Bertz CT molecular complexity index is 504. The molecular formula is C13H19N5. The van der Waals surface area contributed by atoms with Gasteiger partial charge in [-0.1, -0.05) is 6.92 Å². The van der Waals surface area contributed by atoms with Gasteiger partial charge in [-0.3, -0.25) is 0 Å². The first-order valence-corrected chi connectivity index (χ1v) is 6.31. The summed E-state index contributed by atoms with van der Waals surface area (Å²) in [6.45, 7) is 7.27. The second-order valence-electron chi connectivity index (χ2n) is 4.46. The molecule has 1 N–H and O–H groups in total. The van der Waals surface area contributed by atoms with Crippen molar-refractivity contribution in [3.05, 3.63) is 24.9 Å². The molecule has 0 aliphatic carbocycles. The van der Waals surface area contributed by atoms with E-state index in [2.05, 4.69) is 45.6 Å². The predicted octanol–water partition coefficient (Wildman–Crippen LogP) is 2.74. The monoisotopic (exact) mass is 245 g/mol. The molecule has 0 amide bonds. The molecule has 0 aliphatic heterocycles. The van der Waals surface area contributed by atoms with Crippen LogP contribution < -0.4 is 5.32 Å². The minimum absolute atomic E-state index is 0.350. The molecule has 0 bridgehead atoms. The Morgan fingerprint density at radius 2 is 2.06 bits per heavy atom. The SMILES string of the molecule is CCCNc1nccnc1-c1cncn1C(C)C. The zero-order chi connectivity index (χ0) is 13.0. The number of imidazole rings is 1. The summed E-state index contributed by atoms with van der Waals surface area (Å²) in [7, 11) is 0. The standard InChI is InChI=1S/C13H19N5/c1-4-5-16-13-12(15-6-7-17-13)11-8-14-9-18(11)10(2)3/h6-10H,4-5H2,1-3H3,(H,16,17). The number of hydrogen-bond donors (Lipinski definition) is 1. The van der Waals surface area contributed by atoms with E-state index in [0.717, 1.165) is 30.2 Å². The molecule has 2 rings (SSSR count). The molecular weight excluding hydrogens is 226 g/mol. The number of hydrogen-bond acceptors (Lipinski definition) is 4. The maximum atomic E-state index is 4.43. The van der Waals surface area contributed by atoms with Crippen LogP contribution in [0.25, 0.3) is 11.4 Å². The Labute approximate surface area is 107 Å². The number of nitrogens with one attached hydrogen (secondary N) is 1. The van der Waals surface area contributed by atoms with Crippen LogP contribution in [0.5, 0.6) is 0 Å². The van der Waals surface area contributed by atoms with Crippen molar-refractivity contribution in [3.63, 3.8) is 0 Å². The lowest BCUT2D eigenvalue weighted by Gasteiger charge is -2.13. The van der Waals surface area contributed by atoms with E-state index in [1.54, 1.807) is 12.4 Å². The van der Waals surface area contributed by atoms with E-state index in [4.69, 9.17) is 0 Å². The summed E-state index contributed by atoms with van der Waals surface area (Å²) in [6, 6.07) is 0.350. The van der Waals surface area contributed by atoms with Crippen LogP contribution >= 0.6 is 0 Å². The first-order valence-electron chi connectivity index (χ1n) is 6.31. The summed E-state index contributed by atoms with van der Waals surface area (Å²) in [5.41, 5.74) is 1.86. The predicted molar refractivity (Wildman–Crippen MR) is 72.4 cm³/mol. The van der Waals surface area contributed by atoms with Crippen LogP contribution in [0.3, 0.4) is 0 Å². The van der Waals surface area contributed by atoms with Crippen molar-refractivity contribution in [1.29, 1.82) is 0 Å². The molecule has 0 saturated carbocycles. The molecule has 0 spiro atoms. The van der Waals surface area contributed by atoms with Gasteiger partial charge < -0.3 is 9.88 Å². The van der Waals surface area contributed by atoms with Crippen LogP contribution in [0.1, 0.15) is 33.2 Å². The molecule has 0 radical (unpaired) electrons. The molecule has 5 heteroatoms. The number of aromatic nitrogens is 4. The summed E-state index contributed by atoms with van der Waals surface area (Å²) in [5, 5.41) is 3.30. The smallest absolute Gasteiger partial charge is 0.154 e. The quantitative estimate of drug-likeness (QED) is 0.880. The fourth-order valence-corrected chi connectivity index (χ4v) is 1.80. The Kier molecular flexibility index (Phi) is 3.92. The van der Waals surface area contributed by atoms with Crippen molar-refractivity contribution in [2.24, 2.45) is 0 Å². The number of anilines is 1. The lowest BCUT2D eigenvalue weighted by Crippen LogP contribution is -2.07. The maximum Gasteiger partial charge on any atom is 0.154 e. The van der Waals surface area contributed by atoms with E-state index in [-0.39, 0.29) is 0 Å². The largest absolute Gasteiger partial charge is 0.368 e. The van der Waals surface area contributed by atoms with Crippen molar-refractivity contribution in [2.45, 2.75) is 33.2 Å². The van der Waals surface area contributed by atoms with Crippen molar-refractivity contribution in [1.82, 2.24) is 19.5 Å². The average molecular weight is 245 g/mol. The van der Waals surface area contributed by atoms with E-state index in [0.29, 0.717) is 6.04 Å². The molecule has 0 aromatic carbocycles. The van der Waals surface area contributed by atoms with Gasteiger partial charge in [-0.05, 0) is 20.3 Å². The van der Waals surface area contributed by atoms with E-state index in [1.165, 1.54) is 0 Å². The van der Waals surface area contributed by atoms with Gasteiger partial charge in [0.05, 0.1) is 18.2 Å². The number of nitrogens with zero attached hydrogens (tertiary/aromatic N) is 4. The Morgan fingerprint density at radius 3 is 2.78 bits per heavy atom. The highest BCUT2D eigenvalue weighted by molar-refractivity contribution is 5.68. The van der Waals surface area contributed by atoms with E-state index >= 15 is 0 Å². The van der Waals surface area contributed by atoms with Gasteiger partial charge in [0.1, 0.15) is 5.69 Å². The van der Waals surface area contributed by atoms with E-state index in [1.807, 2.05) is 12.5 Å². The van der Waals surface area contributed by atoms with Gasteiger partial charge in [-0.15, -0.1) is 0 Å². The molecule has 2 aromatic heterocycles. The summed E-state index contributed by atoms with van der Waals surface area (Å²) < 4.78 is 2.10. The van der Waals surface area contributed by atoms with Gasteiger partial charge in [0.15, 0.2) is 5.82 Å². The highest BCUT2D eigenvalue weighted by Crippen LogP contribution is 2.25. The summed E-state index contributed by atoms with van der Waals surface area (Å²) in [4.78, 5) is 13.0. The van der Waals surface area contributed by atoms with E-state index in [9.17, 15) is 0 Å². The van der Waals surface area contributed by atoms with E-state index < -0.39 is 0 Å². The van der Waals surface area contributed by atoms with Gasteiger partial charge in [0.25, 0.3) is 0 Å². The Balaban J connectivity index is 2.40. The molecule has 0 fully saturated rings. The lowest BCUT2D eigenvalue weighted by molar-refractivity contribution is 0.604. The fourth-order valence-electron chi connectivity index (χ4n) is 1.80. The maximum absolute atomic E-state index is 4.43. The molecule has 2 aromatic rings. The molecule has 0 saturated heterocycles. The Morgan fingerprint density at radius 1 is 1.28 bits per heavy atom. The van der Waals surface area contributed by atoms with Crippen LogP contribution in [0, 0.1) is 0 Å². The number of rotatable bonds is 5. The van der Waals surface area contributed by atoms with Crippen molar-refractivity contribution in [3.8, 4) is 11.4 Å². The summed E-state index contributed by atoms with van der Waals surface area (Å²) in [6.07, 6.45) is 8.14. The molecule has 0 unspecified atom stereocenters. The third kappa shape index (κ3) is 2.50. The minimum atomic E-state index is 0.350. The Hall–Kier alpha value is -1.91. The average Bonchev–Trinajstić information content (AvgIpc) is 2.86. The third-order valence-electron chi connectivity index (χ3n) is 2.71. The lowest BCUT2D eigenvalue weighted by atomic mass is 10.2. The topological polar surface area (TPSA) is 55.6 Å². The van der Waals surface area contributed by atoms with Crippen molar-refractivity contribution >= 4 is 5.82 Å².